The van der Waals surface area contributed by atoms with E-state index in [2.05, 4.69) is 10.3 Å². The summed E-state index contributed by atoms with van der Waals surface area (Å²) in [6, 6.07) is 3.81. The molecule has 2 aromatic rings. The summed E-state index contributed by atoms with van der Waals surface area (Å²) >= 11 is 7.34. The molecule has 1 aromatic heterocycles. The zero-order valence-corrected chi connectivity index (χ0v) is 14.6. The Morgan fingerprint density at radius 2 is 2.09 bits per heavy atom. The summed E-state index contributed by atoms with van der Waals surface area (Å²) in [4.78, 5) is 15.8. The molecule has 1 N–H and O–H groups in total. The summed E-state index contributed by atoms with van der Waals surface area (Å²) in [5.74, 6) is 0.699. The van der Waals surface area contributed by atoms with Crippen LogP contribution in [0.3, 0.4) is 0 Å². The molecule has 120 valence electrons. The lowest BCUT2D eigenvalue weighted by Gasteiger charge is -2.19. The predicted molar refractivity (Wildman–Crippen MR) is 89.1 cm³/mol. The van der Waals surface area contributed by atoms with E-state index in [0.717, 1.165) is 15.8 Å². The van der Waals surface area contributed by atoms with Gasteiger partial charge in [-0.05, 0) is 39.3 Å². The summed E-state index contributed by atoms with van der Waals surface area (Å²) in [6.45, 7) is 8.08. The van der Waals surface area contributed by atoms with E-state index < -0.39 is 6.09 Å². The number of nitrogens with zero attached hydrogens (tertiary/aromatic N) is 1. The van der Waals surface area contributed by atoms with Crippen molar-refractivity contribution in [3.63, 3.8) is 0 Å². The van der Waals surface area contributed by atoms with E-state index in [1.54, 1.807) is 0 Å². The second kappa shape index (κ2) is 6.71. The average molecular weight is 343 g/mol. The Bertz CT molecular complexity index is 679. The van der Waals surface area contributed by atoms with E-state index in [-0.39, 0.29) is 18.8 Å². The van der Waals surface area contributed by atoms with Crippen molar-refractivity contribution in [1.29, 1.82) is 0 Å². The van der Waals surface area contributed by atoms with Gasteiger partial charge >= 0.3 is 6.09 Å². The SMILES string of the molecule is Cc1ccc(OCCOC(=O)NC(C)(C)C)c2sc(Cl)nc12. The zero-order chi connectivity index (χ0) is 16.3. The van der Waals surface area contributed by atoms with Gasteiger partial charge in [0.05, 0.1) is 10.2 Å². The number of rotatable bonds is 4. The van der Waals surface area contributed by atoms with Crippen LogP contribution in [0.2, 0.25) is 4.47 Å². The van der Waals surface area contributed by atoms with Crippen LogP contribution in [0.1, 0.15) is 26.3 Å². The van der Waals surface area contributed by atoms with Crippen LogP contribution in [-0.4, -0.2) is 29.8 Å². The van der Waals surface area contributed by atoms with Crippen LogP contribution in [0.4, 0.5) is 4.79 Å². The third-order valence-corrected chi connectivity index (χ3v) is 3.91. The highest BCUT2D eigenvalue weighted by Crippen LogP contribution is 2.35. The number of hydrogen-bond acceptors (Lipinski definition) is 5. The summed E-state index contributed by atoms with van der Waals surface area (Å²) < 4.78 is 12.1. The topological polar surface area (TPSA) is 60.5 Å². The number of aromatic nitrogens is 1. The van der Waals surface area contributed by atoms with E-state index in [9.17, 15) is 4.79 Å². The van der Waals surface area contributed by atoms with Crippen molar-refractivity contribution in [3.05, 3.63) is 22.2 Å². The first-order chi connectivity index (χ1) is 10.3. The summed E-state index contributed by atoms with van der Waals surface area (Å²) in [5, 5.41) is 2.72. The molecule has 22 heavy (non-hydrogen) atoms. The average Bonchev–Trinajstić information content (AvgIpc) is 2.77. The molecule has 0 unspecified atom stereocenters. The fourth-order valence-electron chi connectivity index (χ4n) is 1.83. The summed E-state index contributed by atoms with van der Waals surface area (Å²) in [5.41, 5.74) is 1.57. The Labute approximate surface area is 138 Å². The smallest absolute Gasteiger partial charge is 0.407 e. The number of halogens is 1. The maximum Gasteiger partial charge on any atom is 0.407 e. The lowest BCUT2D eigenvalue weighted by molar-refractivity contribution is 0.118. The number of ether oxygens (including phenoxy) is 2. The number of carbonyl (C=O) groups is 1. The summed E-state index contributed by atoms with van der Waals surface area (Å²) in [6.07, 6.45) is -0.453. The molecule has 0 fully saturated rings. The first kappa shape index (κ1) is 16.8. The van der Waals surface area contributed by atoms with Crippen LogP contribution in [0.5, 0.6) is 5.75 Å². The van der Waals surface area contributed by atoms with Gasteiger partial charge in [-0.2, -0.15) is 0 Å². The Kier molecular flexibility index (Phi) is 5.13. The van der Waals surface area contributed by atoms with Gasteiger partial charge in [0.1, 0.15) is 19.0 Å². The van der Waals surface area contributed by atoms with Crippen molar-refractivity contribution in [3.8, 4) is 5.75 Å². The molecule has 1 aromatic carbocycles. The zero-order valence-electron chi connectivity index (χ0n) is 13.0. The quantitative estimate of drug-likeness (QED) is 0.847. The second-order valence-corrected chi connectivity index (χ2v) is 7.47. The van der Waals surface area contributed by atoms with E-state index in [1.165, 1.54) is 11.3 Å². The molecule has 7 heteroatoms. The molecule has 0 aliphatic carbocycles. The molecular weight excluding hydrogens is 324 g/mol. The third kappa shape index (κ3) is 4.48. The Balaban J connectivity index is 1.90. The van der Waals surface area contributed by atoms with Crippen LogP contribution < -0.4 is 10.1 Å². The number of thiazole rings is 1. The lowest BCUT2D eigenvalue weighted by atomic mass is 10.1. The van der Waals surface area contributed by atoms with E-state index in [1.807, 2.05) is 39.8 Å². The predicted octanol–water partition coefficient (Wildman–Crippen LogP) is 4.16. The first-order valence-electron chi connectivity index (χ1n) is 6.89. The second-order valence-electron chi connectivity index (χ2n) is 5.88. The number of carbonyl (C=O) groups excluding carboxylic acids is 1. The van der Waals surface area contributed by atoms with Gasteiger partial charge in [0.25, 0.3) is 0 Å². The molecule has 0 atom stereocenters. The molecule has 2 rings (SSSR count). The van der Waals surface area contributed by atoms with Crippen LogP contribution >= 0.6 is 22.9 Å². The first-order valence-corrected chi connectivity index (χ1v) is 8.09. The largest absolute Gasteiger partial charge is 0.488 e. The normalized spacial score (nSPS) is 11.5. The number of fused-ring (bicyclic) bond motifs is 1. The van der Waals surface area contributed by atoms with Crippen LogP contribution in [0, 0.1) is 6.92 Å². The van der Waals surface area contributed by atoms with Crippen molar-refractivity contribution < 1.29 is 14.3 Å². The minimum absolute atomic E-state index is 0.170. The number of hydrogen-bond donors (Lipinski definition) is 1. The summed E-state index contributed by atoms with van der Waals surface area (Å²) in [7, 11) is 0. The van der Waals surface area contributed by atoms with Crippen molar-refractivity contribution in [2.45, 2.75) is 33.2 Å². The van der Waals surface area contributed by atoms with Gasteiger partial charge < -0.3 is 14.8 Å². The highest BCUT2D eigenvalue weighted by atomic mass is 35.5. The Morgan fingerprint density at radius 3 is 2.77 bits per heavy atom. The van der Waals surface area contributed by atoms with Crippen LogP contribution in [0.25, 0.3) is 10.2 Å². The van der Waals surface area contributed by atoms with Gasteiger partial charge in [0, 0.05) is 5.54 Å². The van der Waals surface area contributed by atoms with Crippen LogP contribution in [-0.2, 0) is 4.74 Å². The highest BCUT2D eigenvalue weighted by Gasteiger charge is 2.15. The van der Waals surface area contributed by atoms with Gasteiger partial charge in [0.2, 0.25) is 0 Å². The van der Waals surface area contributed by atoms with Crippen molar-refractivity contribution in [1.82, 2.24) is 10.3 Å². The molecule has 0 bridgehead atoms. The minimum atomic E-state index is -0.453. The highest BCUT2D eigenvalue weighted by molar-refractivity contribution is 7.22. The Morgan fingerprint density at radius 1 is 1.36 bits per heavy atom. The lowest BCUT2D eigenvalue weighted by Crippen LogP contribution is -2.41. The number of nitrogens with one attached hydrogen (secondary N) is 1. The maximum absolute atomic E-state index is 11.5. The van der Waals surface area contributed by atoms with Gasteiger partial charge in [-0.15, -0.1) is 0 Å². The van der Waals surface area contributed by atoms with Gasteiger partial charge in [0.15, 0.2) is 4.47 Å². The molecule has 1 amide bonds. The molecule has 5 nitrogen and oxygen atoms in total. The molecule has 0 saturated heterocycles. The standard InChI is InChI=1S/C15H19ClN2O3S/c1-9-5-6-10(12-11(9)17-13(16)22-12)20-7-8-21-14(19)18-15(2,3)4/h5-6H,7-8H2,1-4H3,(H,18,19). The molecule has 0 saturated carbocycles. The molecule has 0 aliphatic rings. The van der Waals surface area contributed by atoms with Crippen LogP contribution in [0.15, 0.2) is 12.1 Å². The number of alkyl carbamates (subject to hydrolysis) is 1. The third-order valence-electron chi connectivity index (χ3n) is 2.73. The van der Waals surface area contributed by atoms with Gasteiger partial charge in [-0.3, -0.25) is 0 Å². The van der Waals surface area contributed by atoms with Gasteiger partial charge in [-0.25, -0.2) is 9.78 Å². The molecule has 0 aliphatic heterocycles. The molecule has 0 spiro atoms. The van der Waals surface area contributed by atoms with E-state index in [4.69, 9.17) is 21.1 Å². The molecular formula is C15H19ClN2O3S. The molecule has 1 heterocycles. The fourth-order valence-corrected chi connectivity index (χ4v) is 2.98. The fraction of sp³-hybridized carbons (Fsp3) is 0.467. The van der Waals surface area contributed by atoms with Crippen molar-refractivity contribution in [2.75, 3.05) is 13.2 Å². The maximum atomic E-state index is 11.5. The molecule has 0 radical (unpaired) electrons. The monoisotopic (exact) mass is 342 g/mol. The number of benzene rings is 1. The van der Waals surface area contributed by atoms with Crippen molar-refractivity contribution in [2.24, 2.45) is 0 Å². The van der Waals surface area contributed by atoms with Crippen molar-refractivity contribution >= 4 is 39.2 Å². The number of amides is 1. The van der Waals surface area contributed by atoms with Gasteiger partial charge in [-0.1, -0.05) is 29.0 Å². The number of aryl methyl sites for hydroxylation is 1. The Hall–Kier alpha value is -1.53. The van der Waals surface area contributed by atoms with E-state index in [0.29, 0.717) is 10.2 Å². The minimum Gasteiger partial charge on any atom is -0.488 e. The van der Waals surface area contributed by atoms with E-state index >= 15 is 0 Å².